The normalized spacial score (nSPS) is 10.4. The van der Waals surface area contributed by atoms with E-state index in [9.17, 15) is 24.5 Å². The molecule has 1 heterocycles. The van der Waals surface area contributed by atoms with Crippen LogP contribution in [0, 0.1) is 17.0 Å². The van der Waals surface area contributed by atoms with Crippen LogP contribution in [-0.2, 0) is 14.3 Å². The molecular weight excluding hydrogens is 484 g/mol. The van der Waals surface area contributed by atoms with Crippen LogP contribution in [0.1, 0.15) is 33.2 Å². The monoisotopic (exact) mass is 502 g/mol. The van der Waals surface area contributed by atoms with Gasteiger partial charge in [0.1, 0.15) is 10.6 Å². The van der Waals surface area contributed by atoms with Gasteiger partial charge in [-0.05, 0) is 43.7 Å². The highest BCUT2D eigenvalue weighted by atomic mass is 35.5. The molecule has 0 atom stereocenters. The maximum Gasteiger partial charge on any atom is 0.341 e. The molecule has 176 valence electrons. The Hall–Kier alpha value is -3.76. The van der Waals surface area contributed by atoms with Gasteiger partial charge in [0, 0.05) is 27.6 Å². The number of nitro benzene ring substituents is 1. The average Bonchev–Trinajstić information content (AvgIpc) is 3.21. The Morgan fingerprint density at radius 2 is 1.79 bits per heavy atom. The summed E-state index contributed by atoms with van der Waals surface area (Å²) in [7, 11) is 0. The smallest absolute Gasteiger partial charge is 0.341 e. The molecule has 1 amide bonds. The number of nitrogens with zero attached hydrogens (tertiary/aromatic N) is 1. The number of halogens is 1. The second kappa shape index (κ2) is 10.9. The molecule has 2 aromatic carbocycles. The predicted molar refractivity (Wildman–Crippen MR) is 127 cm³/mol. The Labute approximate surface area is 203 Å². The van der Waals surface area contributed by atoms with Gasteiger partial charge in [0.15, 0.2) is 6.61 Å². The fraction of sp³-hybridized carbons (Fsp3) is 0.174. The van der Waals surface area contributed by atoms with Crippen molar-refractivity contribution < 1.29 is 28.8 Å². The third-order valence-corrected chi connectivity index (χ3v) is 5.79. The van der Waals surface area contributed by atoms with Crippen molar-refractivity contribution >= 4 is 51.5 Å². The van der Waals surface area contributed by atoms with E-state index in [1.54, 1.807) is 36.6 Å². The van der Waals surface area contributed by atoms with Crippen LogP contribution in [0.4, 0.5) is 10.7 Å². The third kappa shape index (κ3) is 5.77. The molecule has 9 nitrogen and oxygen atoms in total. The molecule has 0 saturated heterocycles. The Morgan fingerprint density at radius 3 is 2.41 bits per heavy atom. The van der Waals surface area contributed by atoms with Gasteiger partial charge in [0.25, 0.3) is 11.6 Å². The zero-order chi connectivity index (χ0) is 24.8. The van der Waals surface area contributed by atoms with Gasteiger partial charge < -0.3 is 14.8 Å². The van der Waals surface area contributed by atoms with Crippen molar-refractivity contribution in [2.24, 2.45) is 0 Å². The SMILES string of the molecule is CCOC(=O)c1c(-c2ccc(Cl)cc2)csc1NC(=O)COC(=O)c1ccc([N+](=O)[O-])c(C)c1. The minimum atomic E-state index is -0.813. The molecular formula is C23H19ClN2O7S. The van der Waals surface area contributed by atoms with Gasteiger partial charge in [-0.3, -0.25) is 14.9 Å². The lowest BCUT2D eigenvalue weighted by molar-refractivity contribution is -0.385. The van der Waals surface area contributed by atoms with E-state index in [2.05, 4.69) is 5.32 Å². The third-order valence-electron chi connectivity index (χ3n) is 4.64. The number of hydrogen-bond donors (Lipinski definition) is 1. The summed E-state index contributed by atoms with van der Waals surface area (Å²) in [5.74, 6) is -2.09. The summed E-state index contributed by atoms with van der Waals surface area (Å²) < 4.78 is 10.2. The Morgan fingerprint density at radius 1 is 1.09 bits per heavy atom. The molecule has 1 N–H and O–H groups in total. The molecule has 0 fully saturated rings. The van der Waals surface area contributed by atoms with Crippen LogP contribution in [0.25, 0.3) is 11.1 Å². The molecule has 0 bridgehead atoms. The standard InChI is InChI=1S/C23H19ClN2O7S/c1-3-32-23(29)20-17(14-4-7-16(24)8-5-14)12-34-21(20)25-19(27)11-33-22(28)15-6-9-18(26(30)31)13(2)10-15/h4-10,12H,3,11H2,1-2H3,(H,25,27). The zero-order valence-corrected chi connectivity index (χ0v) is 19.7. The van der Waals surface area contributed by atoms with E-state index in [0.717, 1.165) is 11.3 Å². The van der Waals surface area contributed by atoms with Crippen molar-refractivity contribution in [2.75, 3.05) is 18.5 Å². The first-order valence-electron chi connectivity index (χ1n) is 9.97. The van der Waals surface area contributed by atoms with E-state index >= 15 is 0 Å². The second-order valence-electron chi connectivity index (χ2n) is 6.96. The Balaban J connectivity index is 1.73. The van der Waals surface area contributed by atoms with Gasteiger partial charge in [-0.1, -0.05) is 23.7 Å². The van der Waals surface area contributed by atoms with Gasteiger partial charge in [-0.2, -0.15) is 0 Å². The largest absolute Gasteiger partial charge is 0.462 e. The van der Waals surface area contributed by atoms with E-state index < -0.39 is 29.4 Å². The summed E-state index contributed by atoms with van der Waals surface area (Å²) in [6.07, 6.45) is 0. The summed E-state index contributed by atoms with van der Waals surface area (Å²) in [6.45, 7) is 2.69. The second-order valence-corrected chi connectivity index (χ2v) is 8.28. The quantitative estimate of drug-likeness (QED) is 0.253. The molecule has 34 heavy (non-hydrogen) atoms. The lowest BCUT2D eigenvalue weighted by Gasteiger charge is -2.09. The molecule has 0 saturated carbocycles. The number of nitrogens with one attached hydrogen (secondary N) is 1. The van der Waals surface area contributed by atoms with Gasteiger partial charge >= 0.3 is 11.9 Å². The molecule has 0 aliphatic rings. The molecule has 1 aromatic heterocycles. The highest BCUT2D eigenvalue weighted by Crippen LogP contribution is 2.36. The molecule has 0 radical (unpaired) electrons. The van der Waals surface area contributed by atoms with Crippen molar-refractivity contribution in [1.82, 2.24) is 0 Å². The Bertz CT molecular complexity index is 1250. The number of nitro groups is 1. The molecule has 3 aromatic rings. The molecule has 3 rings (SSSR count). The summed E-state index contributed by atoms with van der Waals surface area (Å²) in [4.78, 5) is 47.7. The van der Waals surface area contributed by atoms with Crippen LogP contribution in [-0.4, -0.2) is 36.0 Å². The Kier molecular flexibility index (Phi) is 7.98. The van der Waals surface area contributed by atoms with Crippen LogP contribution in [0.2, 0.25) is 5.02 Å². The number of carbonyl (C=O) groups excluding carboxylic acids is 3. The van der Waals surface area contributed by atoms with Gasteiger partial charge in [0.2, 0.25) is 0 Å². The average molecular weight is 503 g/mol. The maximum absolute atomic E-state index is 12.6. The van der Waals surface area contributed by atoms with E-state index in [0.29, 0.717) is 16.1 Å². The van der Waals surface area contributed by atoms with Crippen LogP contribution in [0.3, 0.4) is 0 Å². The summed E-state index contributed by atoms with van der Waals surface area (Å²) in [5.41, 5.74) is 1.69. The molecule has 0 aliphatic carbocycles. The van der Waals surface area contributed by atoms with Crippen molar-refractivity contribution in [3.05, 3.63) is 79.7 Å². The number of anilines is 1. The summed E-state index contributed by atoms with van der Waals surface area (Å²) >= 11 is 7.07. The first-order valence-corrected chi connectivity index (χ1v) is 11.2. The lowest BCUT2D eigenvalue weighted by atomic mass is 10.0. The molecule has 0 spiro atoms. The van der Waals surface area contributed by atoms with Crippen LogP contribution >= 0.6 is 22.9 Å². The number of esters is 2. The summed E-state index contributed by atoms with van der Waals surface area (Å²) in [5, 5.41) is 16.0. The summed E-state index contributed by atoms with van der Waals surface area (Å²) in [6, 6.07) is 10.6. The van der Waals surface area contributed by atoms with Crippen molar-refractivity contribution in [3.8, 4) is 11.1 Å². The molecule has 0 unspecified atom stereocenters. The van der Waals surface area contributed by atoms with Crippen molar-refractivity contribution in [3.63, 3.8) is 0 Å². The topological polar surface area (TPSA) is 125 Å². The highest BCUT2D eigenvalue weighted by Gasteiger charge is 2.23. The highest BCUT2D eigenvalue weighted by molar-refractivity contribution is 7.15. The van der Waals surface area contributed by atoms with Crippen molar-refractivity contribution in [2.45, 2.75) is 13.8 Å². The van der Waals surface area contributed by atoms with E-state index in [4.69, 9.17) is 21.1 Å². The number of hydrogen-bond acceptors (Lipinski definition) is 8. The molecule has 11 heteroatoms. The van der Waals surface area contributed by atoms with Gasteiger partial charge in [0.05, 0.1) is 17.1 Å². The number of rotatable bonds is 8. The van der Waals surface area contributed by atoms with Crippen LogP contribution < -0.4 is 5.32 Å². The van der Waals surface area contributed by atoms with Gasteiger partial charge in [-0.15, -0.1) is 11.3 Å². The minimum absolute atomic E-state index is 0.0734. The number of thiophene rings is 1. The number of ether oxygens (including phenoxy) is 2. The van der Waals surface area contributed by atoms with Crippen LogP contribution in [0.15, 0.2) is 47.8 Å². The lowest BCUT2D eigenvalue weighted by Crippen LogP contribution is -2.21. The van der Waals surface area contributed by atoms with E-state index in [1.807, 2.05) is 0 Å². The maximum atomic E-state index is 12.6. The first-order chi connectivity index (χ1) is 16.2. The number of amides is 1. The number of benzene rings is 2. The minimum Gasteiger partial charge on any atom is -0.462 e. The number of carbonyl (C=O) groups is 3. The van der Waals surface area contributed by atoms with E-state index in [-0.39, 0.29) is 34.0 Å². The van der Waals surface area contributed by atoms with Gasteiger partial charge in [-0.25, -0.2) is 9.59 Å². The molecule has 0 aliphatic heterocycles. The fourth-order valence-corrected chi connectivity index (χ4v) is 4.16. The van der Waals surface area contributed by atoms with E-state index in [1.165, 1.54) is 25.1 Å². The fourth-order valence-electron chi connectivity index (χ4n) is 3.06. The predicted octanol–water partition coefficient (Wildman–Crippen LogP) is 5.26. The first kappa shape index (κ1) is 24.9. The zero-order valence-electron chi connectivity index (χ0n) is 18.1. The van der Waals surface area contributed by atoms with Crippen molar-refractivity contribution in [1.29, 1.82) is 0 Å². The van der Waals surface area contributed by atoms with Crippen LogP contribution in [0.5, 0.6) is 0 Å². The number of aryl methyl sites for hydroxylation is 1.